The highest BCUT2D eigenvalue weighted by Crippen LogP contribution is 2.21. The summed E-state index contributed by atoms with van der Waals surface area (Å²) in [6.45, 7) is 4.47. The Bertz CT molecular complexity index is 429. The first kappa shape index (κ1) is 14.8. The van der Waals surface area contributed by atoms with Gasteiger partial charge in [-0.15, -0.1) is 0 Å². The maximum atomic E-state index is 5.83. The molecule has 2 aliphatic heterocycles. The van der Waals surface area contributed by atoms with Crippen LogP contribution in [0.4, 0.5) is 0 Å². The van der Waals surface area contributed by atoms with Crippen molar-refractivity contribution in [2.75, 3.05) is 26.3 Å². The van der Waals surface area contributed by atoms with E-state index in [1.165, 1.54) is 24.9 Å². The Balaban J connectivity index is 1.49. The van der Waals surface area contributed by atoms with E-state index in [0.717, 1.165) is 38.3 Å². The van der Waals surface area contributed by atoms with Gasteiger partial charge in [0.15, 0.2) is 0 Å². The van der Waals surface area contributed by atoms with Crippen molar-refractivity contribution in [1.29, 1.82) is 0 Å². The van der Waals surface area contributed by atoms with Gasteiger partial charge < -0.3 is 15.2 Å². The molecule has 2 aliphatic rings. The molecule has 21 heavy (non-hydrogen) atoms. The van der Waals surface area contributed by atoms with E-state index in [4.69, 9.17) is 15.2 Å². The highest BCUT2D eigenvalue weighted by molar-refractivity contribution is 5.27. The molecule has 2 atom stereocenters. The number of hydrogen-bond acceptors (Lipinski definition) is 4. The third kappa shape index (κ3) is 3.96. The molecule has 2 heterocycles. The van der Waals surface area contributed by atoms with E-state index < -0.39 is 0 Å². The molecule has 0 amide bonds. The van der Waals surface area contributed by atoms with Crippen LogP contribution < -0.4 is 10.5 Å². The molecule has 4 heteroatoms. The van der Waals surface area contributed by atoms with Gasteiger partial charge in [-0.25, -0.2) is 0 Å². The van der Waals surface area contributed by atoms with Crippen LogP contribution in [0.15, 0.2) is 24.3 Å². The summed E-state index contributed by atoms with van der Waals surface area (Å²) in [6.07, 6.45) is 5.06. The summed E-state index contributed by atoms with van der Waals surface area (Å²) in [5, 5.41) is 0. The number of rotatable bonds is 6. The molecule has 2 saturated heterocycles. The minimum atomic E-state index is 0.277. The molecule has 0 aromatic heterocycles. The van der Waals surface area contributed by atoms with Crippen LogP contribution in [0.2, 0.25) is 0 Å². The average Bonchev–Trinajstić information content (AvgIpc) is 3.17. The van der Waals surface area contributed by atoms with Gasteiger partial charge in [0.25, 0.3) is 0 Å². The summed E-state index contributed by atoms with van der Waals surface area (Å²) < 4.78 is 11.4. The van der Waals surface area contributed by atoms with Gasteiger partial charge in [0.05, 0.1) is 6.10 Å². The van der Waals surface area contributed by atoms with Gasteiger partial charge in [-0.3, -0.25) is 4.90 Å². The molecule has 1 aromatic carbocycles. The minimum absolute atomic E-state index is 0.277. The Morgan fingerprint density at radius 1 is 1.19 bits per heavy atom. The van der Waals surface area contributed by atoms with E-state index in [0.29, 0.717) is 12.6 Å². The van der Waals surface area contributed by atoms with Gasteiger partial charge in [0, 0.05) is 25.7 Å². The lowest BCUT2D eigenvalue weighted by molar-refractivity contribution is 0.0679. The predicted octanol–water partition coefficient (Wildman–Crippen LogP) is 2.17. The van der Waals surface area contributed by atoms with Gasteiger partial charge in [0.1, 0.15) is 12.4 Å². The smallest absolute Gasteiger partial charge is 0.119 e. The molecule has 0 saturated carbocycles. The monoisotopic (exact) mass is 290 g/mol. The molecule has 116 valence electrons. The summed E-state index contributed by atoms with van der Waals surface area (Å²) >= 11 is 0. The third-order valence-electron chi connectivity index (χ3n) is 4.54. The first-order valence-corrected chi connectivity index (χ1v) is 8.12. The van der Waals surface area contributed by atoms with Crippen LogP contribution in [-0.4, -0.2) is 43.3 Å². The number of ether oxygens (including phenoxy) is 2. The van der Waals surface area contributed by atoms with E-state index in [1.807, 2.05) is 0 Å². The van der Waals surface area contributed by atoms with E-state index in [-0.39, 0.29) is 6.10 Å². The quantitative estimate of drug-likeness (QED) is 0.872. The Morgan fingerprint density at radius 3 is 2.76 bits per heavy atom. The largest absolute Gasteiger partial charge is 0.491 e. The van der Waals surface area contributed by atoms with Gasteiger partial charge in [0.2, 0.25) is 0 Å². The van der Waals surface area contributed by atoms with Gasteiger partial charge in [-0.2, -0.15) is 0 Å². The average molecular weight is 290 g/mol. The van der Waals surface area contributed by atoms with E-state index >= 15 is 0 Å². The first-order valence-electron chi connectivity index (χ1n) is 8.12. The molecular formula is C17H26N2O2. The van der Waals surface area contributed by atoms with Crippen molar-refractivity contribution in [3.05, 3.63) is 29.8 Å². The van der Waals surface area contributed by atoms with Crippen molar-refractivity contribution >= 4 is 0 Å². The topological polar surface area (TPSA) is 47.7 Å². The molecule has 1 aromatic rings. The van der Waals surface area contributed by atoms with E-state index in [9.17, 15) is 0 Å². The van der Waals surface area contributed by atoms with Crippen LogP contribution in [-0.2, 0) is 11.3 Å². The number of benzene rings is 1. The molecule has 2 N–H and O–H groups in total. The fourth-order valence-corrected chi connectivity index (χ4v) is 3.26. The highest BCUT2D eigenvalue weighted by Gasteiger charge is 2.22. The molecule has 2 unspecified atom stereocenters. The normalized spacial score (nSPS) is 26.3. The van der Waals surface area contributed by atoms with Crippen LogP contribution in [0.25, 0.3) is 0 Å². The van der Waals surface area contributed by atoms with E-state index in [1.54, 1.807) is 0 Å². The molecule has 2 fully saturated rings. The Hall–Kier alpha value is -1.10. The van der Waals surface area contributed by atoms with Gasteiger partial charge >= 0.3 is 0 Å². The molecule has 0 radical (unpaired) electrons. The fourth-order valence-electron chi connectivity index (χ4n) is 3.26. The number of nitrogens with two attached hydrogens (primary N) is 1. The van der Waals surface area contributed by atoms with Crippen molar-refractivity contribution in [3.8, 4) is 5.75 Å². The maximum absolute atomic E-state index is 5.83. The fraction of sp³-hybridized carbons (Fsp3) is 0.647. The predicted molar refractivity (Wildman–Crippen MR) is 83.4 cm³/mol. The second-order valence-electron chi connectivity index (χ2n) is 6.09. The molecule has 3 rings (SSSR count). The first-order chi connectivity index (χ1) is 10.3. The standard InChI is InChI=1S/C17H26N2O2/c18-11-15-3-1-9-19(15)12-14-5-7-16(8-6-14)21-13-17-4-2-10-20-17/h5-8,15,17H,1-4,9-13,18H2. The van der Waals surface area contributed by atoms with Crippen molar-refractivity contribution in [2.45, 2.75) is 44.4 Å². The summed E-state index contributed by atoms with van der Waals surface area (Å²) in [5.74, 6) is 0.936. The minimum Gasteiger partial charge on any atom is -0.491 e. The van der Waals surface area contributed by atoms with Crippen LogP contribution >= 0.6 is 0 Å². The molecule has 0 bridgehead atoms. The molecular weight excluding hydrogens is 264 g/mol. The lowest BCUT2D eigenvalue weighted by Gasteiger charge is -2.23. The second-order valence-corrected chi connectivity index (χ2v) is 6.09. The summed E-state index contributed by atoms with van der Waals surface area (Å²) in [4.78, 5) is 2.49. The van der Waals surface area contributed by atoms with Crippen molar-refractivity contribution in [1.82, 2.24) is 4.90 Å². The molecule has 0 aliphatic carbocycles. The molecule has 0 spiro atoms. The number of likely N-dealkylation sites (tertiary alicyclic amines) is 1. The maximum Gasteiger partial charge on any atom is 0.119 e. The SMILES string of the molecule is NCC1CCCN1Cc1ccc(OCC2CCCO2)cc1. The zero-order valence-corrected chi connectivity index (χ0v) is 12.7. The van der Waals surface area contributed by atoms with Crippen LogP contribution in [0.3, 0.4) is 0 Å². The number of hydrogen-bond donors (Lipinski definition) is 1. The van der Waals surface area contributed by atoms with Crippen LogP contribution in [0.1, 0.15) is 31.2 Å². The van der Waals surface area contributed by atoms with Crippen molar-refractivity contribution < 1.29 is 9.47 Å². The van der Waals surface area contributed by atoms with Crippen molar-refractivity contribution in [2.24, 2.45) is 5.73 Å². The van der Waals surface area contributed by atoms with Crippen LogP contribution in [0, 0.1) is 0 Å². The zero-order valence-electron chi connectivity index (χ0n) is 12.7. The highest BCUT2D eigenvalue weighted by atomic mass is 16.5. The van der Waals surface area contributed by atoms with Crippen LogP contribution in [0.5, 0.6) is 5.75 Å². The lowest BCUT2D eigenvalue weighted by atomic mass is 10.2. The third-order valence-corrected chi connectivity index (χ3v) is 4.54. The summed E-state index contributed by atoms with van der Waals surface area (Å²) in [6, 6.07) is 9.02. The van der Waals surface area contributed by atoms with Crippen molar-refractivity contribution in [3.63, 3.8) is 0 Å². The number of nitrogens with zero attached hydrogens (tertiary/aromatic N) is 1. The Morgan fingerprint density at radius 2 is 2.05 bits per heavy atom. The molecule has 4 nitrogen and oxygen atoms in total. The summed E-state index contributed by atoms with van der Waals surface area (Å²) in [5.41, 5.74) is 7.16. The second kappa shape index (κ2) is 7.25. The van der Waals surface area contributed by atoms with Gasteiger partial charge in [-0.05, 0) is 49.9 Å². The van der Waals surface area contributed by atoms with Gasteiger partial charge in [-0.1, -0.05) is 12.1 Å². The lowest BCUT2D eigenvalue weighted by Crippen LogP contribution is -2.34. The zero-order chi connectivity index (χ0) is 14.5. The van der Waals surface area contributed by atoms with E-state index in [2.05, 4.69) is 29.2 Å². The Labute approximate surface area is 127 Å². The Kier molecular flexibility index (Phi) is 5.12. The summed E-state index contributed by atoms with van der Waals surface area (Å²) in [7, 11) is 0.